The summed E-state index contributed by atoms with van der Waals surface area (Å²) in [6, 6.07) is 4.43. The number of ether oxygens (including phenoxy) is 2. The molecule has 1 atom stereocenters. The van der Waals surface area contributed by atoms with E-state index in [-0.39, 0.29) is 17.7 Å². The number of benzene rings is 1. The van der Waals surface area contributed by atoms with Crippen molar-refractivity contribution in [2.24, 2.45) is 0 Å². The number of anilines is 2. The standard InChI is InChI=1S/C18H19ClN6O3/c1-20-16-8-22-17(9-21-16)24-18(26)23-14-7-12(19)3-4-15(14)28-11-13-10-25(2)5-6-27-13/h3-4,7-9,13H,5-6,10-11H2,2H3,(H2,22,23,24,26). The van der Waals surface area contributed by atoms with E-state index in [1.165, 1.54) is 12.4 Å². The van der Waals surface area contributed by atoms with E-state index in [0.29, 0.717) is 29.7 Å². The predicted octanol–water partition coefficient (Wildman–Crippen LogP) is 3.03. The maximum absolute atomic E-state index is 12.3. The molecular weight excluding hydrogens is 384 g/mol. The first-order valence-corrected chi connectivity index (χ1v) is 8.91. The minimum Gasteiger partial charge on any atom is -0.489 e. The lowest BCUT2D eigenvalue weighted by atomic mass is 10.2. The lowest BCUT2D eigenvalue weighted by Crippen LogP contribution is -2.42. The van der Waals surface area contributed by atoms with Crippen molar-refractivity contribution < 1.29 is 14.3 Å². The summed E-state index contributed by atoms with van der Waals surface area (Å²) in [6.45, 7) is 9.54. The highest BCUT2D eigenvalue weighted by Gasteiger charge is 2.19. The van der Waals surface area contributed by atoms with E-state index in [1.54, 1.807) is 18.2 Å². The van der Waals surface area contributed by atoms with Crippen molar-refractivity contribution in [3.63, 3.8) is 0 Å². The van der Waals surface area contributed by atoms with Crippen molar-refractivity contribution in [1.29, 1.82) is 0 Å². The molecule has 1 aliphatic heterocycles. The Morgan fingerprint density at radius 3 is 3.00 bits per heavy atom. The Kier molecular flexibility index (Phi) is 6.60. The molecule has 2 amide bonds. The summed E-state index contributed by atoms with van der Waals surface area (Å²) in [7, 11) is 2.03. The van der Waals surface area contributed by atoms with Crippen LogP contribution in [-0.4, -0.2) is 60.4 Å². The lowest BCUT2D eigenvalue weighted by Gasteiger charge is -2.30. The van der Waals surface area contributed by atoms with Gasteiger partial charge < -0.3 is 24.5 Å². The largest absolute Gasteiger partial charge is 0.489 e. The van der Waals surface area contributed by atoms with Gasteiger partial charge in [0.05, 0.1) is 18.5 Å². The van der Waals surface area contributed by atoms with E-state index in [0.717, 1.165) is 13.1 Å². The highest BCUT2D eigenvalue weighted by atomic mass is 35.5. The average Bonchev–Trinajstić information content (AvgIpc) is 2.68. The summed E-state index contributed by atoms with van der Waals surface area (Å²) in [5.41, 5.74) is 0.417. The fraction of sp³-hybridized carbons (Fsp3) is 0.333. The molecule has 10 heteroatoms. The van der Waals surface area contributed by atoms with E-state index in [9.17, 15) is 4.79 Å². The van der Waals surface area contributed by atoms with Crippen molar-refractivity contribution in [1.82, 2.24) is 14.9 Å². The van der Waals surface area contributed by atoms with Crippen molar-refractivity contribution >= 4 is 35.0 Å². The molecular formula is C18H19ClN6O3. The van der Waals surface area contributed by atoms with Gasteiger partial charge in [0.1, 0.15) is 18.5 Å². The zero-order chi connectivity index (χ0) is 19.9. The number of rotatable bonds is 5. The Labute approximate surface area is 167 Å². The molecule has 1 fully saturated rings. The van der Waals surface area contributed by atoms with Gasteiger partial charge in [-0.05, 0) is 25.2 Å². The number of carbonyl (C=O) groups is 1. The smallest absolute Gasteiger partial charge is 0.325 e. The number of carbonyl (C=O) groups excluding carboxylic acids is 1. The number of hydrogen-bond donors (Lipinski definition) is 2. The van der Waals surface area contributed by atoms with Gasteiger partial charge in [-0.1, -0.05) is 18.2 Å². The number of aromatic nitrogens is 2. The Morgan fingerprint density at radius 1 is 1.43 bits per heavy atom. The quantitative estimate of drug-likeness (QED) is 0.747. The van der Waals surface area contributed by atoms with Crippen molar-refractivity contribution in [3.05, 3.63) is 47.0 Å². The number of hydrogen-bond acceptors (Lipinski definition) is 6. The molecule has 1 unspecified atom stereocenters. The highest BCUT2D eigenvalue weighted by Crippen LogP contribution is 2.28. The van der Waals surface area contributed by atoms with Gasteiger partial charge in [0, 0.05) is 18.1 Å². The summed E-state index contributed by atoms with van der Waals surface area (Å²) < 4.78 is 11.5. The second-order valence-corrected chi connectivity index (χ2v) is 6.59. The molecule has 9 nitrogen and oxygen atoms in total. The average molecular weight is 403 g/mol. The maximum atomic E-state index is 12.3. The van der Waals surface area contributed by atoms with Crippen LogP contribution in [0.25, 0.3) is 4.85 Å². The van der Waals surface area contributed by atoms with E-state index >= 15 is 0 Å². The predicted molar refractivity (Wildman–Crippen MR) is 105 cm³/mol. The Balaban J connectivity index is 1.62. The first kappa shape index (κ1) is 19.8. The summed E-state index contributed by atoms with van der Waals surface area (Å²) in [5.74, 6) is 0.839. The second-order valence-electron chi connectivity index (χ2n) is 6.16. The van der Waals surface area contributed by atoms with Gasteiger partial charge >= 0.3 is 6.03 Å². The van der Waals surface area contributed by atoms with Gasteiger partial charge in [-0.25, -0.2) is 9.78 Å². The molecule has 1 aromatic heterocycles. The molecule has 0 spiro atoms. The SMILES string of the molecule is [C-]#[N+]c1cnc(NC(=O)Nc2cc(Cl)ccc2OCC2CN(C)CCO2)cn1. The van der Waals surface area contributed by atoms with Crippen molar-refractivity contribution in [2.75, 3.05) is 44.0 Å². The first-order valence-electron chi connectivity index (χ1n) is 8.53. The molecule has 1 aromatic carbocycles. The van der Waals surface area contributed by atoms with Crippen LogP contribution in [0.4, 0.5) is 22.1 Å². The molecule has 0 aliphatic carbocycles. The van der Waals surface area contributed by atoms with Crippen LogP contribution in [0.5, 0.6) is 5.75 Å². The van der Waals surface area contributed by atoms with Gasteiger partial charge in [-0.2, -0.15) is 0 Å². The molecule has 2 heterocycles. The normalized spacial score (nSPS) is 16.8. The number of urea groups is 1. The number of halogens is 1. The number of morpholine rings is 1. The highest BCUT2D eigenvalue weighted by molar-refractivity contribution is 6.31. The molecule has 3 rings (SSSR count). The summed E-state index contributed by atoms with van der Waals surface area (Å²) in [6.07, 6.45) is 2.53. The van der Waals surface area contributed by atoms with Crippen LogP contribution in [-0.2, 0) is 4.74 Å². The minimum absolute atomic E-state index is 0.0488. The van der Waals surface area contributed by atoms with Crippen LogP contribution in [0.1, 0.15) is 0 Å². The van der Waals surface area contributed by atoms with Gasteiger partial charge in [0.15, 0.2) is 12.0 Å². The van der Waals surface area contributed by atoms with E-state index in [1.807, 2.05) is 7.05 Å². The Hall–Kier alpha value is -2.93. The summed E-state index contributed by atoms with van der Waals surface area (Å²) >= 11 is 6.05. The second kappa shape index (κ2) is 9.32. The molecule has 2 aromatic rings. The fourth-order valence-electron chi connectivity index (χ4n) is 2.59. The van der Waals surface area contributed by atoms with Gasteiger partial charge in [0.25, 0.3) is 5.82 Å². The molecule has 0 radical (unpaired) electrons. The lowest BCUT2D eigenvalue weighted by molar-refractivity contribution is -0.0402. The topological polar surface area (TPSA) is 93.0 Å². The Bertz CT molecular complexity index is 871. The summed E-state index contributed by atoms with van der Waals surface area (Å²) in [4.78, 5) is 25.4. The van der Waals surface area contributed by atoms with E-state index in [2.05, 4.69) is 30.3 Å². The van der Waals surface area contributed by atoms with Crippen molar-refractivity contribution in [3.8, 4) is 5.75 Å². The van der Waals surface area contributed by atoms with Crippen LogP contribution in [0.15, 0.2) is 30.6 Å². The van der Waals surface area contributed by atoms with E-state index in [4.69, 9.17) is 27.6 Å². The van der Waals surface area contributed by atoms with Gasteiger partial charge in [-0.3, -0.25) is 5.32 Å². The third kappa shape index (κ3) is 5.53. The van der Waals surface area contributed by atoms with Gasteiger partial charge in [-0.15, -0.1) is 4.98 Å². The van der Waals surface area contributed by atoms with Crippen LogP contribution in [0.3, 0.4) is 0 Å². The molecule has 1 aliphatic rings. The zero-order valence-corrected chi connectivity index (χ0v) is 15.9. The number of nitrogens with one attached hydrogen (secondary N) is 2. The number of nitrogens with zero attached hydrogens (tertiary/aromatic N) is 4. The zero-order valence-electron chi connectivity index (χ0n) is 15.2. The van der Waals surface area contributed by atoms with Crippen LogP contribution >= 0.6 is 11.6 Å². The van der Waals surface area contributed by atoms with E-state index < -0.39 is 6.03 Å². The molecule has 146 valence electrons. The first-order chi connectivity index (χ1) is 13.5. The monoisotopic (exact) mass is 402 g/mol. The maximum Gasteiger partial charge on any atom is 0.325 e. The molecule has 2 N–H and O–H groups in total. The molecule has 28 heavy (non-hydrogen) atoms. The number of amides is 2. The van der Waals surface area contributed by atoms with Gasteiger partial charge in [0.2, 0.25) is 0 Å². The summed E-state index contributed by atoms with van der Waals surface area (Å²) in [5, 5.41) is 5.69. The third-order valence-corrected chi connectivity index (χ3v) is 4.19. The minimum atomic E-state index is -0.536. The molecule has 1 saturated heterocycles. The Morgan fingerprint density at radius 2 is 2.29 bits per heavy atom. The number of likely N-dealkylation sites (N-methyl/N-ethyl adjacent to an activating group) is 1. The fourth-order valence-corrected chi connectivity index (χ4v) is 2.76. The third-order valence-electron chi connectivity index (χ3n) is 3.95. The molecule has 0 saturated carbocycles. The van der Waals surface area contributed by atoms with Crippen LogP contribution in [0, 0.1) is 6.57 Å². The van der Waals surface area contributed by atoms with Crippen LogP contribution < -0.4 is 15.4 Å². The van der Waals surface area contributed by atoms with Crippen LogP contribution in [0.2, 0.25) is 5.02 Å². The molecule has 0 bridgehead atoms. The van der Waals surface area contributed by atoms with Crippen molar-refractivity contribution in [2.45, 2.75) is 6.10 Å².